The number of nitrogens with zero attached hydrogens (tertiary/aromatic N) is 2. The molecule has 1 N–H and O–H groups in total. The van der Waals surface area contributed by atoms with Gasteiger partial charge >= 0.3 is 0 Å². The summed E-state index contributed by atoms with van der Waals surface area (Å²) in [6.45, 7) is 6.97. The molecule has 1 aromatic carbocycles. The molecule has 4 nitrogen and oxygen atoms in total. The fourth-order valence-corrected chi connectivity index (χ4v) is 2.58. The number of rotatable bonds is 7. The number of hydrogen-bond donors (Lipinski definition) is 1. The lowest BCUT2D eigenvalue weighted by Gasteiger charge is -2.28. The summed E-state index contributed by atoms with van der Waals surface area (Å²) in [6, 6.07) is 6.26. The molecule has 2 aromatic rings. The predicted molar refractivity (Wildman–Crippen MR) is 85.9 cm³/mol. The lowest BCUT2D eigenvalue weighted by atomic mass is 9.93. The Morgan fingerprint density at radius 1 is 1.32 bits per heavy atom. The molecule has 1 aromatic heterocycles. The minimum Gasteiger partial charge on any atom is -0.444 e. The normalized spacial score (nSPS) is 12.1. The van der Waals surface area contributed by atoms with Crippen molar-refractivity contribution in [1.82, 2.24) is 15.2 Å². The van der Waals surface area contributed by atoms with Crippen LogP contribution in [0.25, 0.3) is 11.5 Å². The van der Waals surface area contributed by atoms with Crippen LogP contribution in [-0.4, -0.2) is 37.1 Å². The van der Waals surface area contributed by atoms with Crippen LogP contribution in [0.15, 0.2) is 34.9 Å². The van der Waals surface area contributed by atoms with E-state index in [-0.39, 0.29) is 11.2 Å². The topological polar surface area (TPSA) is 41.3 Å². The number of aromatic nitrogens is 1. The second-order valence-corrected chi connectivity index (χ2v) is 6.66. The smallest absolute Gasteiger partial charge is 0.226 e. The monoisotopic (exact) mass is 305 g/mol. The van der Waals surface area contributed by atoms with E-state index in [1.807, 2.05) is 0 Å². The second-order valence-electron chi connectivity index (χ2n) is 6.66. The minimum atomic E-state index is -0.291. The van der Waals surface area contributed by atoms with Crippen molar-refractivity contribution in [2.24, 2.45) is 5.41 Å². The molecule has 0 aliphatic rings. The summed E-state index contributed by atoms with van der Waals surface area (Å²) in [4.78, 5) is 6.58. The van der Waals surface area contributed by atoms with Gasteiger partial charge in [-0.3, -0.25) is 0 Å². The predicted octanol–water partition coefficient (Wildman–Crippen LogP) is 3.16. The zero-order valence-corrected chi connectivity index (χ0v) is 13.7. The van der Waals surface area contributed by atoms with Crippen molar-refractivity contribution in [2.45, 2.75) is 20.4 Å². The van der Waals surface area contributed by atoms with Crippen molar-refractivity contribution in [3.8, 4) is 11.5 Å². The maximum absolute atomic E-state index is 13.2. The molecule has 0 radical (unpaired) electrons. The molecule has 0 aliphatic carbocycles. The van der Waals surface area contributed by atoms with Crippen LogP contribution in [0.2, 0.25) is 0 Å². The molecule has 0 atom stereocenters. The molecular formula is C17H24FN3O. The first-order valence-corrected chi connectivity index (χ1v) is 7.41. The largest absolute Gasteiger partial charge is 0.444 e. The Hall–Kier alpha value is -1.72. The van der Waals surface area contributed by atoms with Crippen LogP contribution >= 0.6 is 0 Å². The van der Waals surface area contributed by atoms with Gasteiger partial charge in [0.05, 0.1) is 5.69 Å². The fraction of sp³-hybridized carbons (Fsp3) is 0.471. The van der Waals surface area contributed by atoms with Gasteiger partial charge in [-0.15, -0.1) is 0 Å². The lowest BCUT2D eigenvalue weighted by Crippen LogP contribution is -2.37. The van der Waals surface area contributed by atoms with Gasteiger partial charge < -0.3 is 14.6 Å². The van der Waals surface area contributed by atoms with Gasteiger partial charge in [-0.05, 0) is 37.7 Å². The van der Waals surface area contributed by atoms with Crippen molar-refractivity contribution in [2.75, 3.05) is 27.2 Å². The zero-order chi connectivity index (χ0) is 16.2. The standard InChI is InChI=1S/C17H24FN3O/c1-17(2,12-21(3)4)11-19-9-15-10-22-16(20-15)13-6-5-7-14(18)8-13/h5-8,10,19H,9,11-12H2,1-4H3. The number of benzene rings is 1. The Morgan fingerprint density at radius 2 is 2.09 bits per heavy atom. The van der Waals surface area contributed by atoms with Crippen molar-refractivity contribution in [3.63, 3.8) is 0 Å². The van der Waals surface area contributed by atoms with E-state index in [9.17, 15) is 4.39 Å². The second kappa shape index (κ2) is 7.03. The van der Waals surface area contributed by atoms with Crippen LogP contribution in [0, 0.1) is 11.2 Å². The first kappa shape index (κ1) is 16.6. The van der Waals surface area contributed by atoms with E-state index >= 15 is 0 Å². The first-order chi connectivity index (χ1) is 10.4. The van der Waals surface area contributed by atoms with Gasteiger partial charge in [0.25, 0.3) is 0 Å². The van der Waals surface area contributed by atoms with Crippen molar-refractivity contribution in [3.05, 3.63) is 42.0 Å². The third kappa shape index (κ3) is 4.93. The van der Waals surface area contributed by atoms with E-state index in [4.69, 9.17) is 4.42 Å². The van der Waals surface area contributed by atoms with E-state index in [0.717, 1.165) is 18.8 Å². The van der Waals surface area contributed by atoms with Gasteiger partial charge in [-0.1, -0.05) is 19.9 Å². The lowest BCUT2D eigenvalue weighted by molar-refractivity contribution is 0.232. The van der Waals surface area contributed by atoms with Crippen LogP contribution in [0.1, 0.15) is 19.5 Å². The Morgan fingerprint density at radius 3 is 2.77 bits per heavy atom. The van der Waals surface area contributed by atoms with Crippen molar-refractivity contribution in [1.29, 1.82) is 0 Å². The summed E-state index contributed by atoms with van der Waals surface area (Å²) in [5, 5.41) is 3.40. The third-order valence-corrected chi connectivity index (χ3v) is 3.28. The molecule has 2 rings (SSSR count). The van der Waals surface area contributed by atoms with Crippen LogP contribution in [0.3, 0.4) is 0 Å². The van der Waals surface area contributed by atoms with Crippen LogP contribution in [0.5, 0.6) is 0 Å². The maximum atomic E-state index is 13.2. The Labute approximate surface area is 131 Å². The highest BCUT2D eigenvalue weighted by molar-refractivity contribution is 5.52. The Balaban J connectivity index is 1.90. The highest BCUT2D eigenvalue weighted by atomic mass is 19.1. The minimum absolute atomic E-state index is 0.179. The van der Waals surface area contributed by atoms with E-state index in [1.165, 1.54) is 12.1 Å². The van der Waals surface area contributed by atoms with E-state index in [1.54, 1.807) is 18.4 Å². The van der Waals surface area contributed by atoms with Gasteiger partial charge in [0, 0.05) is 25.2 Å². The maximum Gasteiger partial charge on any atom is 0.226 e. The third-order valence-electron chi connectivity index (χ3n) is 3.28. The summed E-state index contributed by atoms with van der Waals surface area (Å²) < 4.78 is 18.6. The molecule has 1 heterocycles. The van der Waals surface area contributed by atoms with E-state index in [0.29, 0.717) is 18.0 Å². The average molecular weight is 305 g/mol. The van der Waals surface area contributed by atoms with Crippen molar-refractivity contribution < 1.29 is 8.81 Å². The van der Waals surface area contributed by atoms with E-state index in [2.05, 4.69) is 43.1 Å². The summed E-state index contributed by atoms with van der Waals surface area (Å²) in [6.07, 6.45) is 1.62. The molecule has 0 fully saturated rings. The van der Waals surface area contributed by atoms with Crippen LogP contribution in [0.4, 0.5) is 4.39 Å². The molecule has 0 spiro atoms. The molecule has 0 bridgehead atoms. The van der Waals surface area contributed by atoms with Gasteiger partial charge in [0.1, 0.15) is 12.1 Å². The van der Waals surface area contributed by atoms with Gasteiger partial charge in [-0.2, -0.15) is 0 Å². The van der Waals surface area contributed by atoms with Crippen LogP contribution in [-0.2, 0) is 6.54 Å². The average Bonchev–Trinajstić information content (AvgIpc) is 2.85. The molecule has 0 unspecified atom stereocenters. The fourth-order valence-electron chi connectivity index (χ4n) is 2.58. The first-order valence-electron chi connectivity index (χ1n) is 7.41. The van der Waals surface area contributed by atoms with Gasteiger partial charge in [-0.25, -0.2) is 9.37 Å². The summed E-state index contributed by atoms with van der Waals surface area (Å²) in [5.74, 6) is 0.157. The molecule has 0 amide bonds. The Bertz CT molecular complexity index is 607. The highest BCUT2D eigenvalue weighted by Crippen LogP contribution is 2.19. The number of oxazole rings is 1. The number of nitrogens with one attached hydrogen (secondary N) is 1. The quantitative estimate of drug-likeness (QED) is 0.853. The summed E-state index contributed by atoms with van der Waals surface area (Å²) >= 11 is 0. The number of halogens is 1. The van der Waals surface area contributed by atoms with Crippen LogP contribution < -0.4 is 5.32 Å². The highest BCUT2D eigenvalue weighted by Gasteiger charge is 2.18. The van der Waals surface area contributed by atoms with Crippen molar-refractivity contribution >= 4 is 0 Å². The summed E-state index contributed by atoms with van der Waals surface area (Å²) in [5.41, 5.74) is 1.65. The summed E-state index contributed by atoms with van der Waals surface area (Å²) in [7, 11) is 4.15. The molecule has 120 valence electrons. The molecular weight excluding hydrogens is 281 g/mol. The molecule has 0 saturated heterocycles. The molecule has 5 heteroatoms. The molecule has 22 heavy (non-hydrogen) atoms. The SMILES string of the molecule is CN(C)CC(C)(C)CNCc1coc(-c2cccc(F)c2)n1. The van der Waals surface area contributed by atoms with Gasteiger partial charge in [0.15, 0.2) is 0 Å². The number of hydrogen-bond acceptors (Lipinski definition) is 4. The Kier molecular flexibility index (Phi) is 5.32. The van der Waals surface area contributed by atoms with Gasteiger partial charge in [0.2, 0.25) is 5.89 Å². The molecule has 0 aliphatic heterocycles. The molecule has 0 saturated carbocycles. The van der Waals surface area contributed by atoms with E-state index < -0.39 is 0 Å². The zero-order valence-electron chi connectivity index (χ0n) is 13.7.